The van der Waals surface area contributed by atoms with Gasteiger partial charge >= 0.3 is 0 Å². The number of hydrogen-bond acceptors (Lipinski definition) is 0. The molecule has 4 aromatic rings. The van der Waals surface area contributed by atoms with E-state index in [1.54, 1.807) is 0 Å². The molecule has 1 heteroatoms. The molecule has 0 fully saturated rings. The molecular weight excluding hydrogens is 302 g/mol. The SMILES string of the molecule is CCCn1c(-c2ccc(Cc3ccccc3)cc2)cc2ccccc21. The largest absolute Gasteiger partial charge is 0.341 e. The minimum atomic E-state index is 0.985. The van der Waals surface area contributed by atoms with E-state index in [2.05, 4.69) is 96.4 Å². The van der Waals surface area contributed by atoms with Crippen molar-refractivity contribution in [3.63, 3.8) is 0 Å². The Morgan fingerprint density at radius 1 is 0.720 bits per heavy atom. The predicted molar refractivity (Wildman–Crippen MR) is 107 cm³/mol. The fraction of sp³-hybridized carbons (Fsp3) is 0.167. The molecule has 0 aliphatic rings. The van der Waals surface area contributed by atoms with Crippen LogP contribution in [0.15, 0.2) is 84.9 Å². The summed E-state index contributed by atoms with van der Waals surface area (Å²) in [4.78, 5) is 0. The first-order valence-corrected chi connectivity index (χ1v) is 9.06. The van der Waals surface area contributed by atoms with Gasteiger partial charge in [-0.1, -0.05) is 79.7 Å². The van der Waals surface area contributed by atoms with Gasteiger partial charge in [-0.25, -0.2) is 0 Å². The maximum absolute atomic E-state index is 2.45. The van der Waals surface area contributed by atoms with E-state index in [0.29, 0.717) is 0 Å². The fourth-order valence-electron chi connectivity index (χ4n) is 3.54. The molecule has 124 valence electrons. The van der Waals surface area contributed by atoms with E-state index in [-0.39, 0.29) is 0 Å². The van der Waals surface area contributed by atoms with E-state index in [1.807, 2.05) is 0 Å². The Kier molecular flexibility index (Phi) is 4.39. The summed E-state index contributed by atoms with van der Waals surface area (Å²) in [5.41, 5.74) is 6.65. The smallest absolute Gasteiger partial charge is 0.0491 e. The van der Waals surface area contributed by atoms with Crippen LogP contribution in [0.25, 0.3) is 22.2 Å². The van der Waals surface area contributed by atoms with E-state index >= 15 is 0 Å². The van der Waals surface area contributed by atoms with Gasteiger partial charge in [-0.15, -0.1) is 0 Å². The lowest BCUT2D eigenvalue weighted by atomic mass is 10.0. The van der Waals surface area contributed by atoms with E-state index in [9.17, 15) is 0 Å². The average Bonchev–Trinajstić information content (AvgIpc) is 3.02. The van der Waals surface area contributed by atoms with Crippen molar-refractivity contribution in [2.24, 2.45) is 0 Å². The van der Waals surface area contributed by atoms with Gasteiger partial charge in [-0.3, -0.25) is 0 Å². The average molecular weight is 325 g/mol. The summed E-state index contributed by atoms with van der Waals surface area (Å²) in [6.07, 6.45) is 2.12. The highest BCUT2D eigenvalue weighted by atomic mass is 15.0. The summed E-state index contributed by atoms with van der Waals surface area (Å²) in [5.74, 6) is 0. The lowest BCUT2D eigenvalue weighted by molar-refractivity contribution is 0.709. The number of nitrogens with zero attached hydrogens (tertiary/aromatic N) is 1. The van der Waals surface area contributed by atoms with Crippen LogP contribution in [-0.4, -0.2) is 4.57 Å². The van der Waals surface area contributed by atoms with Crippen molar-refractivity contribution in [1.82, 2.24) is 4.57 Å². The number of rotatable bonds is 5. The maximum Gasteiger partial charge on any atom is 0.0491 e. The number of fused-ring (bicyclic) bond motifs is 1. The van der Waals surface area contributed by atoms with Crippen LogP contribution in [0.5, 0.6) is 0 Å². The number of aromatic nitrogens is 1. The molecule has 0 spiro atoms. The number of hydrogen-bond donors (Lipinski definition) is 0. The fourth-order valence-corrected chi connectivity index (χ4v) is 3.54. The van der Waals surface area contributed by atoms with Crippen LogP contribution in [-0.2, 0) is 13.0 Å². The quantitative estimate of drug-likeness (QED) is 0.405. The zero-order chi connectivity index (χ0) is 17.1. The lowest BCUT2D eigenvalue weighted by Gasteiger charge is -2.10. The molecule has 3 aromatic carbocycles. The first-order valence-electron chi connectivity index (χ1n) is 9.06. The monoisotopic (exact) mass is 325 g/mol. The number of para-hydroxylation sites is 1. The Bertz CT molecular complexity index is 962. The topological polar surface area (TPSA) is 4.93 Å². The molecule has 1 aromatic heterocycles. The molecule has 0 atom stereocenters. The van der Waals surface area contributed by atoms with Crippen molar-refractivity contribution in [1.29, 1.82) is 0 Å². The van der Waals surface area contributed by atoms with Crippen LogP contribution in [0, 0.1) is 0 Å². The Labute approximate surface area is 149 Å². The van der Waals surface area contributed by atoms with Crippen molar-refractivity contribution in [3.05, 3.63) is 96.1 Å². The summed E-state index contributed by atoms with van der Waals surface area (Å²) in [6.45, 7) is 3.29. The van der Waals surface area contributed by atoms with Crippen LogP contribution in [0.2, 0.25) is 0 Å². The lowest BCUT2D eigenvalue weighted by Crippen LogP contribution is -1.99. The van der Waals surface area contributed by atoms with Crippen LogP contribution in [0.3, 0.4) is 0 Å². The van der Waals surface area contributed by atoms with E-state index in [1.165, 1.54) is 33.3 Å². The van der Waals surface area contributed by atoms with E-state index in [4.69, 9.17) is 0 Å². The minimum absolute atomic E-state index is 0.985. The van der Waals surface area contributed by atoms with Crippen molar-refractivity contribution in [2.75, 3.05) is 0 Å². The summed E-state index contributed by atoms with van der Waals surface area (Å²) >= 11 is 0. The molecule has 1 nitrogen and oxygen atoms in total. The van der Waals surface area contributed by atoms with Crippen LogP contribution in [0.1, 0.15) is 24.5 Å². The van der Waals surface area contributed by atoms with Crippen LogP contribution in [0.4, 0.5) is 0 Å². The van der Waals surface area contributed by atoms with Gasteiger partial charge in [0.2, 0.25) is 0 Å². The summed E-state index contributed by atoms with van der Waals surface area (Å²) < 4.78 is 2.45. The first kappa shape index (κ1) is 15.7. The molecule has 0 N–H and O–H groups in total. The molecule has 25 heavy (non-hydrogen) atoms. The van der Waals surface area contributed by atoms with E-state index in [0.717, 1.165) is 19.4 Å². The van der Waals surface area contributed by atoms with Gasteiger partial charge in [0, 0.05) is 23.1 Å². The Morgan fingerprint density at radius 2 is 1.40 bits per heavy atom. The van der Waals surface area contributed by atoms with Gasteiger partial charge < -0.3 is 4.57 Å². The molecule has 0 unspecified atom stereocenters. The van der Waals surface area contributed by atoms with Crippen LogP contribution >= 0.6 is 0 Å². The number of aryl methyl sites for hydroxylation is 1. The zero-order valence-electron chi connectivity index (χ0n) is 14.7. The first-order chi connectivity index (χ1) is 12.3. The maximum atomic E-state index is 2.45. The Hall–Kier alpha value is -2.80. The second-order valence-corrected chi connectivity index (χ2v) is 6.60. The molecule has 0 aliphatic carbocycles. The summed E-state index contributed by atoms with van der Waals surface area (Å²) in [6, 6.07) is 30.7. The third-order valence-electron chi connectivity index (χ3n) is 4.76. The van der Waals surface area contributed by atoms with Crippen LogP contribution < -0.4 is 0 Å². The van der Waals surface area contributed by atoms with Crippen molar-refractivity contribution >= 4 is 10.9 Å². The van der Waals surface area contributed by atoms with Gasteiger partial charge in [0.1, 0.15) is 0 Å². The molecule has 0 saturated carbocycles. The third kappa shape index (κ3) is 3.23. The highest BCUT2D eigenvalue weighted by Crippen LogP contribution is 2.29. The Morgan fingerprint density at radius 3 is 2.16 bits per heavy atom. The molecule has 4 rings (SSSR count). The van der Waals surface area contributed by atoms with Crippen molar-refractivity contribution in [3.8, 4) is 11.3 Å². The third-order valence-corrected chi connectivity index (χ3v) is 4.76. The van der Waals surface area contributed by atoms with Gasteiger partial charge in [0.05, 0.1) is 0 Å². The predicted octanol–water partition coefficient (Wildman–Crippen LogP) is 6.31. The molecular formula is C24H23N. The molecule has 0 aliphatic heterocycles. The zero-order valence-corrected chi connectivity index (χ0v) is 14.7. The van der Waals surface area contributed by atoms with Gasteiger partial charge in [-0.2, -0.15) is 0 Å². The van der Waals surface area contributed by atoms with Gasteiger partial charge in [0.25, 0.3) is 0 Å². The number of benzene rings is 3. The van der Waals surface area contributed by atoms with Crippen molar-refractivity contribution < 1.29 is 0 Å². The standard InChI is InChI=1S/C24H23N/c1-2-16-25-23-11-7-6-10-22(23)18-24(25)21-14-12-20(13-15-21)17-19-8-4-3-5-9-19/h3-15,18H,2,16-17H2,1H3. The molecule has 0 bridgehead atoms. The second-order valence-electron chi connectivity index (χ2n) is 6.60. The highest BCUT2D eigenvalue weighted by molar-refractivity contribution is 5.87. The van der Waals surface area contributed by atoms with Crippen molar-refractivity contribution in [2.45, 2.75) is 26.3 Å². The normalized spacial score (nSPS) is 11.1. The van der Waals surface area contributed by atoms with E-state index < -0.39 is 0 Å². The highest BCUT2D eigenvalue weighted by Gasteiger charge is 2.09. The molecule has 1 heterocycles. The molecule has 0 radical (unpaired) electrons. The molecule has 0 saturated heterocycles. The summed E-state index contributed by atoms with van der Waals surface area (Å²) in [5, 5.41) is 1.32. The Balaban J connectivity index is 1.68. The minimum Gasteiger partial charge on any atom is -0.341 e. The molecule has 0 amide bonds. The summed E-state index contributed by atoms with van der Waals surface area (Å²) in [7, 11) is 0. The van der Waals surface area contributed by atoms with Gasteiger partial charge in [0.15, 0.2) is 0 Å². The second kappa shape index (κ2) is 6.98. The van der Waals surface area contributed by atoms with Gasteiger partial charge in [-0.05, 0) is 41.7 Å².